The summed E-state index contributed by atoms with van der Waals surface area (Å²) < 4.78 is 36.8. The lowest BCUT2D eigenvalue weighted by Crippen LogP contribution is -2.28. The van der Waals surface area contributed by atoms with Gasteiger partial charge in [-0.2, -0.15) is 4.31 Å². The minimum Gasteiger partial charge on any atom is -0.484 e. The molecule has 1 aliphatic heterocycles. The first-order chi connectivity index (χ1) is 13.9. The lowest BCUT2D eigenvalue weighted by Gasteiger charge is -2.16. The third-order valence-corrected chi connectivity index (χ3v) is 6.34. The van der Waals surface area contributed by atoms with E-state index >= 15 is 0 Å². The Hall–Kier alpha value is -2.91. The molecule has 0 aliphatic carbocycles. The Balaban J connectivity index is 1.62. The summed E-state index contributed by atoms with van der Waals surface area (Å²) in [6.07, 6.45) is 1.70. The van der Waals surface area contributed by atoms with Gasteiger partial charge in [-0.3, -0.25) is 4.79 Å². The van der Waals surface area contributed by atoms with E-state index in [-0.39, 0.29) is 11.5 Å². The van der Waals surface area contributed by atoms with Gasteiger partial charge >= 0.3 is 5.97 Å². The van der Waals surface area contributed by atoms with Crippen LogP contribution in [0.25, 0.3) is 0 Å². The van der Waals surface area contributed by atoms with Gasteiger partial charge in [-0.05, 0) is 49.2 Å². The first-order valence-corrected chi connectivity index (χ1v) is 10.6. The number of nitrogens with zero attached hydrogens (tertiary/aromatic N) is 1. The Morgan fingerprint density at radius 3 is 2.52 bits per heavy atom. The van der Waals surface area contributed by atoms with Crippen molar-refractivity contribution in [3.63, 3.8) is 0 Å². The molecule has 9 heteroatoms. The molecule has 8 nitrogen and oxygen atoms in total. The molecular formula is C20H22N2O6S. The molecule has 0 aromatic heterocycles. The maximum Gasteiger partial charge on any atom is 0.337 e. The second-order valence-electron chi connectivity index (χ2n) is 6.50. The van der Waals surface area contributed by atoms with E-state index in [1.54, 1.807) is 30.3 Å². The Morgan fingerprint density at radius 1 is 1.07 bits per heavy atom. The standard InChI is InChI=1S/C20H22N2O6S/c1-27-20(24)15-6-4-8-17(12-15)28-14-19(23)21-16-7-5-9-18(13-16)29(25,26)22-10-2-3-11-22/h4-9,12-13H,2-3,10-11,14H2,1H3,(H,21,23). The SMILES string of the molecule is COC(=O)c1cccc(OCC(=O)Nc2cccc(S(=O)(=O)N3CCCC3)c2)c1. The number of carbonyl (C=O) groups is 2. The fraction of sp³-hybridized carbons (Fsp3) is 0.300. The van der Waals surface area contributed by atoms with Crippen molar-refractivity contribution in [3.05, 3.63) is 54.1 Å². The number of hydrogen-bond acceptors (Lipinski definition) is 6. The summed E-state index contributed by atoms with van der Waals surface area (Å²) in [4.78, 5) is 23.9. The highest BCUT2D eigenvalue weighted by Gasteiger charge is 2.27. The molecule has 2 aromatic rings. The summed E-state index contributed by atoms with van der Waals surface area (Å²) >= 11 is 0. The number of rotatable bonds is 7. The van der Waals surface area contributed by atoms with Crippen molar-refractivity contribution in [3.8, 4) is 5.75 Å². The zero-order chi connectivity index (χ0) is 20.9. The molecule has 2 aromatic carbocycles. The highest BCUT2D eigenvalue weighted by molar-refractivity contribution is 7.89. The summed E-state index contributed by atoms with van der Waals surface area (Å²) in [6, 6.07) is 12.4. The van der Waals surface area contributed by atoms with Crippen LogP contribution in [0, 0.1) is 0 Å². The van der Waals surface area contributed by atoms with Crippen molar-refractivity contribution < 1.29 is 27.5 Å². The molecule has 1 aliphatic rings. The fourth-order valence-electron chi connectivity index (χ4n) is 2.99. The number of hydrogen-bond donors (Lipinski definition) is 1. The number of methoxy groups -OCH3 is 1. The zero-order valence-corrected chi connectivity index (χ0v) is 16.8. The summed E-state index contributed by atoms with van der Waals surface area (Å²) in [5, 5.41) is 2.63. The lowest BCUT2D eigenvalue weighted by molar-refractivity contribution is -0.118. The lowest BCUT2D eigenvalue weighted by atomic mass is 10.2. The van der Waals surface area contributed by atoms with Gasteiger partial charge in [0, 0.05) is 18.8 Å². The summed E-state index contributed by atoms with van der Waals surface area (Å²) in [5.41, 5.74) is 0.674. The van der Waals surface area contributed by atoms with Crippen molar-refractivity contribution >= 4 is 27.6 Å². The number of benzene rings is 2. The van der Waals surface area contributed by atoms with Gasteiger partial charge in [-0.15, -0.1) is 0 Å². The van der Waals surface area contributed by atoms with Crippen LogP contribution in [-0.2, 0) is 19.6 Å². The summed E-state index contributed by atoms with van der Waals surface area (Å²) in [6.45, 7) is 0.725. The predicted molar refractivity (Wildman–Crippen MR) is 106 cm³/mol. The molecule has 0 unspecified atom stereocenters. The molecule has 1 heterocycles. The van der Waals surface area contributed by atoms with E-state index in [1.807, 2.05) is 0 Å². The fourth-order valence-corrected chi connectivity index (χ4v) is 4.55. The Morgan fingerprint density at radius 2 is 1.79 bits per heavy atom. The van der Waals surface area contributed by atoms with Gasteiger partial charge in [0.2, 0.25) is 10.0 Å². The predicted octanol–water partition coefficient (Wildman–Crippen LogP) is 2.28. The van der Waals surface area contributed by atoms with E-state index in [0.29, 0.717) is 30.1 Å². The van der Waals surface area contributed by atoms with E-state index in [9.17, 15) is 18.0 Å². The maximum atomic E-state index is 12.6. The average molecular weight is 418 g/mol. The van der Waals surface area contributed by atoms with Gasteiger partial charge in [0.25, 0.3) is 5.91 Å². The van der Waals surface area contributed by atoms with Gasteiger partial charge < -0.3 is 14.8 Å². The molecule has 0 saturated carbocycles. The molecule has 29 heavy (non-hydrogen) atoms. The van der Waals surface area contributed by atoms with Crippen LogP contribution in [0.2, 0.25) is 0 Å². The molecule has 0 spiro atoms. The quantitative estimate of drug-likeness (QED) is 0.692. The van der Waals surface area contributed by atoms with Gasteiger partial charge in [0.15, 0.2) is 6.61 Å². The zero-order valence-electron chi connectivity index (χ0n) is 16.0. The first kappa shape index (κ1) is 20.8. The smallest absolute Gasteiger partial charge is 0.337 e. The first-order valence-electron chi connectivity index (χ1n) is 9.11. The van der Waals surface area contributed by atoms with Crippen LogP contribution >= 0.6 is 0 Å². The van der Waals surface area contributed by atoms with Crippen LogP contribution in [0.15, 0.2) is 53.4 Å². The monoisotopic (exact) mass is 418 g/mol. The van der Waals surface area contributed by atoms with E-state index in [2.05, 4.69) is 10.1 Å². The van der Waals surface area contributed by atoms with E-state index in [0.717, 1.165) is 12.8 Å². The number of sulfonamides is 1. The largest absolute Gasteiger partial charge is 0.484 e. The number of carbonyl (C=O) groups excluding carboxylic acids is 2. The molecule has 154 valence electrons. The van der Waals surface area contributed by atoms with Crippen LogP contribution in [-0.4, -0.2) is 51.4 Å². The van der Waals surface area contributed by atoms with Gasteiger partial charge in [-0.1, -0.05) is 12.1 Å². The number of anilines is 1. The summed E-state index contributed by atoms with van der Waals surface area (Å²) in [5.74, 6) is -0.617. The third kappa shape index (κ3) is 5.12. The van der Waals surface area contributed by atoms with Crippen LogP contribution in [0.3, 0.4) is 0 Å². The van der Waals surface area contributed by atoms with Gasteiger partial charge in [-0.25, -0.2) is 13.2 Å². The number of nitrogens with one attached hydrogen (secondary N) is 1. The maximum absolute atomic E-state index is 12.6. The Labute approximate surface area is 169 Å². The highest BCUT2D eigenvalue weighted by atomic mass is 32.2. The molecule has 0 radical (unpaired) electrons. The molecule has 3 rings (SSSR count). The average Bonchev–Trinajstić information content (AvgIpc) is 3.28. The number of esters is 1. The molecule has 1 N–H and O–H groups in total. The Kier molecular flexibility index (Phi) is 6.50. The van der Waals surface area contributed by atoms with Crippen LogP contribution in [0.4, 0.5) is 5.69 Å². The van der Waals surface area contributed by atoms with Crippen LogP contribution in [0.1, 0.15) is 23.2 Å². The van der Waals surface area contributed by atoms with Gasteiger partial charge in [0.1, 0.15) is 5.75 Å². The minimum absolute atomic E-state index is 0.142. The number of amides is 1. The van der Waals surface area contributed by atoms with Crippen LogP contribution in [0.5, 0.6) is 5.75 Å². The molecule has 1 fully saturated rings. The molecular weight excluding hydrogens is 396 g/mol. The topological polar surface area (TPSA) is 102 Å². The van der Waals surface area contributed by atoms with Crippen molar-refractivity contribution in [2.24, 2.45) is 0 Å². The van der Waals surface area contributed by atoms with Gasteiger partial charge in [0.05, 0.1) is 17.6 Å². The number of ether oxygens (including phenoxy) is 2. The van der Waals surface area contributed by atoms with Crippen molar-refractivity contribution in [1.29, 1.82) is 0 Å². The minimum atomic E-state index is -3.56. The highest BCUT2D eigenvalue weighted by Crippen LogP contribution is 2.23. The van der Waals surface area contributed by atoms with Crippen LogP contribution < -0.4 is 10.1 Å². The van der Waals surface area contributed by atoms with Crippen molar-refractivity contribution in [1.82, 2.24) is 4.31 Å². The normalized spacial score (nSPS) is 14.4. The second-order valence-corrected chi connectivity index (χ2v) is 8.43. The van der Waals surface area contributed by atoms with E-state index < -0.39 is 21.9 Å². The van der Waals surface area contributed by atoms with Crippen molar-refractivity contribution in [2.75, 3.05) is 32.1 Å². The molecule has 0 atom stereocenters. The van der Waals surface area contributed by atoms with E-state index in [1.165, 1.54) is 29.6 Å². The molecule has 1 amide bonds. The second kappa shape index (κ2) is 9.06. The van der Waals surface area contributed by atoms with E-state index in [4.69, 9.17) is 4.74 Å². The third-order valence-electron chi connectivity index (χ3n) is 4.45. The Bertz CT molecular complexity index is 1000. The molecule has 1 saturated heterocycles. The molecule has 0 bridgehead atoms. The van der Waals surface area contributed by atoms with Crippen molar-refractivity contribution in [2.45, 2.75) is 17.7 Å². The summed E-state index contributed by atoms with van der Waals surface area (Å²) in [7, 11) is -2.28.